The van der Waals surface area contributed by atoms with Crippen molar-refractivity contribution in [3.8, 4) is 5.88 Å². The molecule has 4 rings (SSSR count). The monoisotopic (exact) mass is 434 g/mol. The van der Waals surface area contributed by atoms with Gasteiger partial charge in [0.1, 0.15) is 0 Å². The Morgan fingerprint density at radius 1 is 1.16 bits per heavy atom. The van der Waals surface area contributed by atoms with Gasteiger partial charge in [-0.25, -0.2) is 15.0 Å². The second-order valence-corrected chi connectivity index (χ2v) is 7.69. The van der Waals surface area contributed by atoms with Crippen LogP contribution in [0.4, 0.5) is 5.95 Å². The molecule has 31 heavy (non-hydrogen) atoms. The van der Waals surface area contributed by atoms with Crippen molar-refractivity contribution in [1.82, 2.24) is 25.3 Å². The van der Waals surface area contributed by atoms with Crippen LogP contribution in [0.25, 0.3) is 10.2 Å². The summed E-state index contributed by atoms with van der Waals surface area (Å²) in [5.74, 6) is 0.681. The molecule has 0 saturated carbocycles. The van der Waals surface area contributed by atoms with Crippen molar-refractivity contribution >= 4 is 33.4 Å². The van der Waals surface area contributed by atoms with Crippen LogP contribution in [-0.4, -0.2) is 32.4 Å². The molecule has 4 aromatic heterocycles. The quantitative estimate of drug-likeness (QED) is 0.432. The number of hydrogen-bond donors (Lipinski definition) is 2. The number of ether oxygens (including phenoxy) is 1. The largest absolute Gasteiger partial charge is 0.478 e. The van der Waals surface area contributed by atoms with E-state index in [1.54, 1.807) is 18.5 Å². The molecular formula is C22H22N6O2S. The predicted molar refractivity (Wildman–Crippen MR) is 120 cm³/mol. The Morgan fingerprint density at radius 3 is 2.81 bits per heavy atom. The molecule has 0 bridgehead atoms. The fourth-order valence-corrected chi connectivity index (χ4v) is 3.81. The highest BCUT2D eigenvalue weighted by Gasteiger charge is 2.17. The van der Waals surface area contributed by atoms with E-state index in [2.05, 4.69) is 30.6 Å². The molecule has 8 nitrogen and oxygen atoms in total. The van der Waals surface area contributed by atoms with Gasteiger partial charge in [0.25, 0.3) is 5.91 Å². The Kier molecular flexibility index (Phi) is 6.32. The summed E-state index contributed by atoms with van der Waals surface area (Å²) in [6.45, 7) is 4.77. The molecule has 0 spiro atoms. The summed E-state index contributed by atoms with van der Waals surface area (Å²) in [6, 6.07) is 11.2. The number of nitrogens with one attached hydrogen (secondary N) is 2. The van der Waals surface area contributed by atoms with Gasteiger partial charge >= 0.3 is 0 Å². The summed E-state index contributed by atoms with van der Waals surface area (Å²) in [5, 5.41) is 8.06. The van der Waals surface area contributed by atoms with Gasteiger partial charge in [-0.1, -0.05) is 12.1 Å². The van der Waals surface area contributed by atoms with Crippen LogP contribution in [0.5, 0.6) is 5.88 Å². The van der Waals surface area contributed by atoms with Crippen LogP contribution in [-0.2, 0) is 6.54 Å². The molecule has 2 N–H and O–H groups in total. The molecule has 0 unspecified atom stereocenters. The molecule has 0 radical (unpaired) electrons. The summed E-state index contributed by atoms with van der Waals surface area (Å²) >= 11 is 1.44. The predicted octanol–water partition coefficient (Wildman–Crippen LogP) is 3.98. The molecule has 1 amide bonds. The zero-order valence-electron chi connectivity index (χ0n) is 17.2. The van der Waals surface area contributed by atoms with Gasteiger partial charge in [0.15, 0.2) is 5.69 Å². The minimum Gasteiger partial charge on any atom is -0.478 e. The molecule has 4 heterocycles. The van der Waals surface area contributed by atoms with E-state index in [-0.39, 0.29) is 11.9 Å². The van der Waals surface area contributed by atoms with Gasteiger partial charge in [-0.05, 0) is 43.0 Å². The first-order valence-electron chi connectivity index (χ1n) is 9.92. The van der Waals surface area contributed by atoms with E-state index in [1.165, 1.54) is 11.3 Å². The molecule has 1 atom stereocenters. The maximum absolute atomic E-state index is 12.9. The summed E-state index contributed by atoms with van der Waals surface area (Å²) in [7, 11) is 0. The Bertz CT molecular complexity index is 1160. The average molecular weight is 435 g/mol. The van der Waals surface area contributed by atoms with Gasteiger partial charge in [-0.15, -0.1) is 11.3 Å². The maximum atomic E-state index is 12.9. The highest BCUT2D eigenvalue weighted by atomic mass is 32.1. The van der Waals surface area contributed by atoms with Crippen molar-refractivity contribution in [3.63, 3.8) is 0 Å². The number of aromatic nitrogens is 4. The van der Waals surface area contributed by atoms with Crippen LogP contribution in [0.15, 0.2) is 54.2 Å². The first kappa shape index (κ1) is 20.7. The zero-order chi connectivity index (χ0) is 21.6. The van der Waals surface area contributed by atoms with E-state index in [4.69, 9.17) is 4.74 Å². The van der Waals surface area contributed by atoms with Crippen molar-refractivity contribution < 1.29 is 9.53 Å². The number of hydrogen-bond acceptors (Lipinski definition) is 8. The van der Waals surface area contributed by atoms with Crippen LogP contribution >= 0.6 is 11.3 Å². The first-order chi connectivity index (χ1) is 15.1. The number of carbonyl (C=O) groups excluding carboxylic acids is 1. The minimum absolute atomic E-state index is 0.108. The fraction of sp³-hybridized carbons (Fsp3) is 0.227. The lowest BCUT2D eigenvalue weighted by Crippen LogP contribution is -2.24. The maximum Gasteiger partial charge on any atom is 0.271 e. The number of carbonyl (C=O) groups is 1. The summed E-state index contributed by atoms with van der Waals surface area (Å²) in [5.41, 5.74) is 2.80. The van der Waals surface area contributed by atoms with Gasteiger partial charge in [0.2, 0.25) is 11.8 Å². The second kappa shape index (κ2) is 9.48. The van der Waals surface area contributed by atoms with Crippen LogP contribution in [0, 0.1) is 0 Å². The van der Waals surface area contributed by atoms with Crippen LogP contribution in [0.2, 0.25) is 0 Å². The Balaban J connectivity index is 1.50. The fourth-order valence-electron chi connectivity index (χ4n) is 3.00. The zero-order valence-corrected chi connectivity index (χ0v) is 18.0. The van der Waals surface area contributed by atoms with E-state index in [0.29, 0.717) is 30.7 Å². The third kappa shape index (κ3) is 4.95. The molecule has 0 aliphatic rings. The molecule has 0 aliphatic carbocycles. The van der Waals surface area contributed by atoms with Crippen LogP contribution in [0.3, 0.4) is 0 Å². The Labute approximate surface area is 183 Å². The highest BCUT2D eigenvalue weighted by Crippen LogP contribution is 2.25. The second-order valence-electron chi connectivity index (χ2n) is 6.77. The lowest BCUT2D eigenvalue weighted by atomic mass is 10.2. The molecular weight excluding hydrogens is 412 g/mol. The average Bonchev–Trinajstić information content (AvgIpc) is 3.27. The lowest BCUT2D eigenvalue weighted by molar-refractivity contribution is 0.0948. The van der Waals surface area contributed by atoms with Crippen molar-refractivity contribution in [2.45, 2.75) is 26.4 Å². The van der Waals surface area contributed by atoms with E-state index in [9.17, 15) is 4.79 Å². The van der Waals surface area contributed by atoms with Gasteiger partial charge in [-0.2, -0.15) is 0 Å². The van der Waals surface area contributed by atoms with Crippen molar-refractivity contribution in [2.24, 2.45) is 0 Å². The van der Waals surface area contributed by atoms with Crippen LogP contribution < -0.4 is 15.4 Å². The molecule has 0 saturated heterocycles. The number of pyridine rings is 2. The standard InChI is InChI=1S/C22H22N6O2S/c1-3-30-18-8-7-15(12-24-18)13-25-21(29)19-20-17(9-11-31-20)27-22(28-19)26-14(2)16-6-4-5-10-23-16/h4-12,14H,3,13H2,1-2H3,(H,25,29)(H,26,27,28)/t14-/m0/s1. The molecule has 0 fully saturated rings. The van der Waals surface area contributed by atoms with Crippen molar-refractivity contribution in [3.05, 3.63) is 71.1 Å². The smallest absolute Gasteiger partial charge is 0.271 e. The molecule has 9 heteroatoms. The Hall–Kier alpha value is -3.59. The topological polar surface area (TPSA) is 102 Å². The highest BCUT2D eigenvalue weighted by molar-refractivity contribution is 7.17. The van der Waals surface area contributed by atoms with Crippen LogP contribution in [0.1, 0.15) is 41.6 Å². The Morgan fingerprint density at radius 2 is 2.06 bits per heavy atom. The van der Waals surface area contributed by atoms with Gasteiger partial charge < -0.3 is 15.4 Å². The number of anilines is 1. The van der Waals surface area contributed by atoms with Gasteiger partial charge in [0.05, 0.1) is 28.6 Å². The third-order valence-corrected chi connectivity index (χ3v) is 5.45. The SMILES string of the molecule is CCOc1ccc(CNC(=O)c2nc(N[C@@H](C)c3ccccn3)nc3ccsc23)cn1. The van der Waals surface area contributed by atoms with Gasteiger partial charge in [0, 0.05) is 25.0 Å². The first-order valence-corrected chi connectivity index (χ1v) is 10.8. The van der Waals surface area contributed by atoms with E-state index >= 15 is 0 Å². The summed E-state index contributed by atoms with van der Waals surface area (Å²) in [6.07, 6.45) is 3.43. The van der Waals surface area contributed by atoms with Gasteiger partial charge in [-0.3, -0.25) is 9.78 Å². The number of amides is 1. The third-order valence-electron chi connectivity index (χ3n) is 4.54. The number of rotatable bonds is 8. The minimum atomic E-state index is -0.266. The molecule has 0 aliphatic heterocycles. The normalized spacial score (nSPS) is 11.8. The molecule has 4 aromatic rings. The number of fused-ring (bicyclic) bond motifs is 1. The summed E-state index contributed by atoms with van der Waals surface area (Å²) < 4.78 is 6.09. The van der Waals surface area contributed by atoms with Crippen molar-refractivity contribution in [2.75, 3.05) is 11.9 Å². The van der Waals surface area contributed by atoms with E-state index < -0.39 is 0 Å². The summed E-state index contributed by atoms with van der Waals surface area (Å²) in [4.78, 5) is 30.6. The van der Waals surface area contributed by atoms with E-state index in [1.807, 2.05) is 49.6 Å². The number of thiophene rings is 1. The molecule has 158 valence electrons. The van der Waals surface area contributed by atoms with Crippen molar-refractivity contribution in [1.29, 1.82) is 0 Å². The lowest BCUT2D eigenvalue weighted by Gasteiger charge is -2.14. The molecule has 0 aromatic carbocycles. The van der Waals surface area contributed by atoms with E-state index in [0.717, 1.165) is 21.5 Å². The number of nitrogens with zero attached hydrogens (tertiary/aromatic N) is 4.